The third-order valence-electron chi connectivity index (χ3n) is 6.18. The topological polar surface area (TPSA) is 152 Å². The van der Waals surface area contributed by atoms with Crippen LogP contribution in [0, 0.1) is 0 Å². The minimum atomic E-state index is -4.13. The summed E-state index contributed by atoms with van der Waals surface area (Å²) in [4.78, 5) is 24.5. The predicted molar refractivity (Wildman–Crippen MR) is 149 cm³/mol. The quantitative estimate of drug-likeness (QED) is 0.209. The standard InChI is InChI=1S/C27H28N4O8S2/c1-38-26(32)20-39-22-14-12-21(13-15-22)18-28-29-27(33)25-19-30(40(34,35)23-8-4-2-5-9-23)16-17-31(25)41(36,37)24-10-6-3-7-11-24/h2-15,18,25H,16-17,19-20H2,1H3,(H,29,33)/b28-18+. The molecule has 12 nitrogen and oxygen atoms in total. The summed E-state index contributed by atoms with van der Waals surface area (Å²) in [6, 6.07) is 20.4. The second-order valence-corrected chi connectivity index (χ2v) is 12.6. The number of nitrogens with zero attached hydrogens (tertiary/aromatic N) is 3. The maximum absolute atomic E-state index is 13.5. The Labute approximate surface area is 238 Å². The number of methoxy groups -OCH3 is 1. The molecule has 14 heteroatoms. The highest BCUT2D eigenvalue weighted by Crippen LogP contribution is 2.25. The van der Waals surface area contributed by atoms with Crippen LogP contribution in [-0.4, -0.2) is 82.9 Å². The van der Waals surface area contributed by atoms with E-state index in [2.05, 4.69) is 15.3 Å². The molecule has 0 radical (unpaired) electrons. The van der Waals surface area contributed by atoms with Crippen LogP contribution in [0.2, 0.25) is 0 Å². The van der Waals surface area contributed by atoms with E-state index in [0.717, 1.165) is 8.61 Å². The lowest BCUT2D eigenvalue weighted by Crippen LogP contribution is -2.60. The van der Waals surface area contributed by atoms with E-state index in [1.807, 2.05) is 0 Å². The molecule has 1 aliphatic rings. The number of nitrogens with one attached hydrogen (secondary N) is 1. The third kappa shape index (κ3) is 7.16. The Kier molecular flexibility index (Phi) is 9.50. The minimum absolute atomic E-state index is 0.0184. The summed E-state index contributed by atoms with van der Waals surface area (Å²) in [5.41, 5.74) is 2.91. The number of rotatable bonds is 10. The molecule has 0 bridgehead atoms. The highest BCUT2D eigenvalue weighted by Gasteiger charge is 2.43. The molecule has 0 aromatic heterocycles. The third-order valence-corrected chi connectivity index (χ3v) is 9.98. The maximum atomic E-state index is 13.5. The lowest BCUT2D eigenvalue weighted by molar-refractivity contribution is -0.142. The molecule has 0 aliphatic carbocycles. The van der Waals surface area contributed by atoms with Gasteiger partial charge in [-0.15, -0.1) is 0 Å². The van der Waals surface area contributed by atoms with Crippen molar-refractivity contribution >= 4 is 38.1 Å². The van der Waals surface area contributed by atoms with Crippen LogP contribution in [0.25, 0.3) is 0 Å². The fourth-order valence-electron chi connectivity index (χ4n) is 4.03. The number of benzene rings is 3. The molecule has 3 aromatic carbocycles. The first-order valence-electron chi connectivity index (χ1n) is 12.4. The van der Waals surface area contributed by atoms with Crippen molar-refractivity contribution in [3.05, 3.63) is 90.5 Å². The summed E-state index contributed by atoms with van der Waals surface area (Å²) in [6.07, 6.45) is 1.33. The van der Waals surface area contributed by atoms with Crippen LogP contribution >= 0.6 is 0 Å². The zero-order chi connectivity index (χ0) is 29.5. The second-order valence-electron chi connectivity index (χ2n) is 8.79. The van der Waals surface area contributed by atoms with Crippen molar-refractivity contribution in [2.45, 2.75) is 15.8 Å². The summed E-state index contributed by atoms with van der Waals surface area (Å²) < 4.78 is 65.4. The molecule has 1 N–H and O–H groups in total. The van der Waals surface area contributed by atoms with Gasteiger partial charge in [0.1, 0.15) is 11.8 Å². The number of hydrogen-bond acceptors (Lipinski definition) is 9. The minimum Gasteiger partial charge on any atom is -0.482 e. The molecule has 0 saturated carbocycles. The number of carbonyl (C=O) groups is 2. The van der Waals surface area contributed by atoms with Gasteiger partial charge in [0.2, 0.25) is 20.0 Å². The zero-order valence-electron chi connectivity index (χ0n) is 22.0. The number of piperazine rings is 1. The van der Waals surface area contributed by atoms with E-state index in [-0.39, 0.29) is 29.5 Å². The van der Waals surface area contributed by atoms with Crippen LogP contribution in [0.5, 0.6) is 5.75 Å². The van der Waals surface area contributed by atoms with Gasteiger partial charge in [0.15, 0.2) is 6.61 Å². The molecular formula is C27H28N4O8S2. The monoisotopic (exact) mass is 600 g/mol. The molecular weight excluding hydrogens is 572 g/mol. The van der Waals surface area contributed by atoms with Crippen LogP contribution in [-0.2, 0) is 34.4 Å². The number of hydrazone groups is 1. The van der Waals surface area contributed by atoms with Crippen molar-refractivity contribution < 1.29 is 35.9 Å². The van der Waals surface area contributed by atoms with Gasteiger partial charge >= 0.3 is 5.97 Å². The SMILES string of the molecule is COC(=O)COc1ccc(/C=N/NC(=O)C2CN(S(=O)(=O)c3ccccc3)CCN2S(=O)(=O)c2ccccc2)cc1. The van der Waals surface area contributed by atoms with Gasteiger partial charge in [0.25, 0.3) is 5.91 Å². The van der Waals surface area contributed by atoms with Gasteiger partial charge in [-0.2, -0.15) is 13.7 Å². The Balaban J connectivity index is 1.53. The maximum Gasteiger partial charge on any atom is 0.343 e. The number of ether oxygens (including phenoxy) is 2. The van der Waals surface area contributed by atoms with Crippen LogP contribution < -0.4 is 10.2 Å². The van der Waals surface area contributed by atoms with Crippen molar-refractivity contribution in [3.8, 4) is 5.75 Å². The number of hydrogen-bond donors (Lipinski definition) is 1. The fourth-order valence-corrected chi connectivity index (χ4v) is 7.08. The first-order valence-corrected chi connectivity index (χ1v) is 15.3. The highest BCUT2D eigenvalue weighted by molar-refractivity contribution is 7.89. The van der Waals surface area contributed by atoms with E-state index in [0.29, 0.717) is 11.3 Å². The van der Waals surface area contributed by atoms with Crippen molar-refractivity contribution in [2.24, 2.45) is 5.10 Å². The normalized spacial score (nSPS) is 16.8. The molecule has 1 heterocycles. The lowest BCUT2D eigenvalue weighted by atomic mass is 10.2. The number of sulfonamides is 2. The molecule has 4 rings (SSSR count). The molecule has 1 amide bonds. The van der Waals surface area contributed by atoms with Gasteiger partial charge in [-0.25, -0.2) is 27.1 Å². The van der Waals surface area contributed by atoms with E-state index >= 15 is 0 Å². The average Bonchev–Trinajstić information content (AvgIpc) is 3.01. The Bertz CT molecular complexity index is 1600. The van der Waals surface area contributed by atoms with Gasteiger partial charge in [-0.05, 0) is 54.1 Å². The molecule has 0 spiro atoms. The van der Waals surface area contributed by atoms with Crippen molar-refractivity contribution in [1.82, 2.24) is 14.0 Å². The summed E-state index contributed by atoms with van der Waals surface area (Å²) >= 11 is 0. The molecule has 3 aromatic rings. The van der Waals surface area contributed by atoms with Gasteiger partial charge in [0, 0.05) is 19.6 Å². The summed E-state index contributed by atoms with van der Waals surface area (Å²) in [5, 5.41) is 3.94. The van der Waals surface area contributed by atoms with E-state index in [4.69, 9.17) is 4.74 Å². The smallest absolute Gasteiger partial charge is 0.343 e. The molecule has 1 fully saturated rings. The van der Waals surface area contributed by atoms with E-state index in [1.165, 1.54) is 37.6 Å². The lowest BCUT2D eigenvalue weighted by Gasteiger charge is -2.38. The zero-order valence-corrected chi connectivity index (χ0v) is 23.6. The van der Waals surface area contributed by atoms with Crippen LogP contribution in [0.1, 0.15) is 5.56 Å². The van der Waals surface area contributed by atoms with Crippen LogP contribution in [0.15, 0.2) is 99.8 Å². The first-order chi connectivity index (χ1) is 19.6. The van der Waals surface area contributed by atoms with Crippen molar-refractivity contribution in [1.29, 1.82) is 0 Å². The van der Waals surface area contributed by atoms with Crippen molar-refractivity contribution in [2.75, 3.05) is 33.4 Å². The predicted octanol–water partition coefficient (Wildman–Crippen LogP) is 1.45. The highest BCUT2D eigenvalue weighted by atomic mass is 32.2. The Hall–Kier alpha value is -4.11. The Morgan fingerprint density at radius 1 is 0.878 bits per heavy atom. The van der Waals surface area contributed by atoms with E-state index < -0.39 is 44.5 Å². The summed E-state index contributed by atoms with van der Waals surface area (Å²) in [5.74, 6) is -0.911. The molecule has 1 saturated heterocycles. The van der Waals surface area contributed by atoms with Crippen molar-refractivity contribution in [3.63, 3.8) is 0 Å². The molecule has 216 valence electrons. The Morgan fingerprint density at radius 3 is 2.05 bits per heavy atom. The molecule has 1 unspecified atom stereocenters. The van der Waals surface area contributed by atoms with Gasteiger partial charge in [-0.3, -0.25) is 4.79 Å². The Morgan fingerprint density at radius 2 is 1.46 bits per heavy atom. The van der Waals surface area contributed by atoms with Gasteiger partial charge in [0.05, 0.1) is 23.1 Å². The van der Waals surface area contributed by atoms with Crippen LogP contribution in [0.4, 0.5) is 0 Å². The largest absolute Gasteiger partial charge is 0.482 e. The number of amides is 1. The molecule has 41 heavy (non-hydrogen) atoms. The average molecular weight is 601 g/mol. The molecule has 1 atom stereocenters. The fraction of sp³-hybridized carbons (Fsp3) is 0.222. The summed E-state index contributed by atoms with van der Waals surface area (Å²) in [7, 11) is -6.87. The second kappa shape index (κ2) is 13.0. The number of esters is 1. The van der Waals surface area contributed by atoms with Gasteiger partial charge < -0.3 is 9.47 Å². The van der Waals surface area contributed by atoms with Gasteiger partial charge in [-0.1, -0.05) is 36.4 Å². The van der Waals surface area contributed by atoms with E-state index in [1.54, 1.807) is 60.7 Å². The first kappa shape index (κ1) is 29.9. The van der Waals surface area contributed by atoms with E-state index in [9.17, 15) is 26.4 Å². The van der Waals surface area contributed by atoms with Crippen LogP contribution in [0.3, 0.4) is 0 Å². The molecule has 1 aliphatic heterocycles. The summed E-state index contributed by atoms with van der Waals surface area (Å²) in [6.45, 7) is -1.03. The number of carbonyl (C=O) groups excluding carboxylic acids is 2.